The Balaban J connectivity index is 2.16. The van der Waals surface area contributed by atoms with Crippen LogP contribution >= 0.6 is 0 Å². The number of allylic oxidation sites excluding steroid dienone is 2. The minimum atomic E-state index is -0.119. The minimum absolute atomic E-state index is 0.0540. The summed E-state index contributed by atoms with van der Waals surface area (Å²) in [4.78, 5) is 22.3. The predicted molar refractivity (Wildman–Crippen MR) is 74.4 cm³/mol. The van der Waals surface area contributed by atoms with E-state index in [0.717, 1.165) is 30.0 Å². The van der Waals surface area contributed by atoms with Crippen molar-refractivity contribution >= 4 is 23.0 Å². The van der Waals surface area contributed by atoms with Crippen molar-refractivity contribution < 1.29 is 9.59 Å². The quantitative estimate of drug-likeness (QED) is 0.620. The van der Waals surface area contributed by atoms with E-state index in [1.54, 1.807) is 13.0 Å². The molecule has 3 nitrogen and oxygen atoms in total. The van der Waals surface area contributed by atoms with Crippen molar-refractivity contribution in [1.29, 1.82) is 0 Å². The van der Waals surface area contributed by atoms with E-state index in [0.29, 0.717) is 5.56 Å². The number of ketones is 1. The molecule has 0 saturated heterocycles. The van der Waals surface area contributed by atoms with Crippen LogP contribution in [-0.2, 0) is 10.3 Å². The van der Waals surface area contributed by atoms with Gasteiger partial charge in [-0.05, 0) is 31.9 Å². The van der Waals surface area contributed by atoms with Gasteiger partial charge in [0.05, 0.1) is 5.54 Å². The van der Waals surface area contributed by atoms with Crippen LogP contribution < -0.4 is 0 Å². The Bertz CT molecular complexity index is 690. The molecule has 0 unspecified atom stereocenters. The first kappa shape index (κ1) is 11.9. The molecule has 1 saturated carbocycles. The molecule has 0 atom stereocenters. The number of carbonyl (C=O) groups is 2. The summed E-state index contributed by atoms with van der Waals surface area (Å²) in [5.74, 6) is 0.0540. The van der Waals surface area contributed by atoms with Gasteiger partial charge in [0.1, 0.15) is 0 Å². The molecule has 3 rings (SSSR count). The van der Waals surface area contributed by atoms with Crippen molar-refractivity contribution in [2.75, 3.05) is 0 Å². The molecular formula is C16H15NO2. The van der Waals surface area contributed by atoms with Crippen LogP contribution in [0.1, 0.15) is 30.1 Å². The van der Waals surface area contributed by atoms with Gasteiger partial charge in [-0.3, -0.25) is 9.59 Å². The van der Waals surface area contributed by atoms with E-state index in [4.69, 9.17) is 0 Å². The molecule has 3 heteroatoms. The number of para-hydroxylation sites is 1. The molecule has 0 spiro atoms. The summed E-state index contributed by atoms with van der Waals surface area (Å²) in [5, 5.41) is 0.972. The van der Waals surface area contributed by atoms with Crippen LogP contribution in [0.5, 0.6) is 0 Å². The Kier molecular flexibility index (Phi) is 2.63. The van der Waals surface area contributed by atoms with Gasteiger partial charge in [-0.1, -0.05) is 24.3 Å². The molecule has 0 bridgehead atoms. The van der Waals surface area contributed by atoms with Crippen LogP contribution in [-0.4, -0.2) is 16.6 Å². The van der Waals surface area contributed by atoms with Crippen molar-refractivity contribution in [2.45, 2.75) is 25.3 Å². The Morgan fingerprint density at radius 2 is 2.05 bits per heavy atom. The Morgan fingerprint density at radius 1 is 1.32 bits per heavy atom. The molecule has 1 aromatic carbocycles. The molecule has 1 aromatic heterocycles. The number of fused-ring (bicyclic) bond motifs is 1. The van der Waals surface area contributed by atoms with Gasteiger partial charge in [-0.15, -0.1) is 0 Å². The Morgan fingerprint density at radius 3 is 2.68 bits per heavy atom. The first-order valence-electron chi connectivity index (χ1n) is 6.42. The summed E-state index contributed by atoms with van der Waals surface area (Å²) in [6.07, 6.45) is 8.40. The number of hydrogen-bond donors (Lipinski definition) is 0. The number of benzene rings is 1. The monoisotopic (exact) mass is 253 g/mol. The highest BCUT2D eigenvalue weighted by Gasteiger charge is 2.42. The van der Waals surface area contributed by atoms with E-state index in [9.17, 15) is 9.59 Å². The lowest BCUT2D eigenvalue weighted by atomic mass is 10.2. The zero-order chi connectivity index (χ0) is 13.5. The summed E-state index contributed by atoms with van der Waals surface area (Å²) < 4.78 is 2.13. The average molecular weight is 253 g/mol. The largest absolute Gasteiger partial charge is 0.337 e. The molecule has 19 heavy (non-hydrogen) atoms. The van der Waals surface area contributed by atoms with Crippen LogP contribution in [0, 0.1) is 0 Å². The molecule has 96 valence electrons. The third-order valence-electron chi connectivity index (χ3n) is 3.74. The van der Waals surface area contributed by atoms with Crippen molar-refractivity contribution in [2.24, 2.45) is 0 Å². The highest BCUT2D eigenvalue weighted by Crippen LogP contribution is 2.47. The second-order valence-electron chi connectivity index (χ2n) is 5.14. The smallest absolute Gasteiger partial charge is 0.152 e. The van der Waals surface area contributed by atoms with E-state index >= 15 is 0 Å². The van der Waals surface area contributed by atoms with E-state index in [2.05, 4.69) is 4.57 Å². The van der Waals surface area contributed by atoms with Gasteiger partial charge in [0.25, 0.3) is 0 Å². The van der Waals surface area contributed by atoms with Crippen molar-refractivity contribution in [3.05, 3.63) is 48.2 Å². The molecule has 0 radical (unpaired) electrons. The van der Waals surface area contributed by atoms with E-state index < -0.39 is 0 Å². The van der Waals surface area contributed by atoms with Gasteiger partial charge >= 0.3 is 0 Å². The highest BCUT2D eigenvalue weighted by molar-refractivity contribution is 5.98. The van der Waals surface area contributed by atoms with E-state index in [-0.39, 0.29) is 11.3 Å². The third-order valence-corrected chi connectivity index (χ3v) is 3.74. The van der Waals surface area contributed by atoms with Gasteiger partial charge in [-0.2, -0.15) is 0 Å². The summed E-state index contributed by atoms with van der Waals surface area (Å²) in [6, 6.07) is 7.88. The molecule has 1 heterocycles. The van der Waals surface area contributed by atoms with Gasteiger partial charge in [0.15, 0.2) is 12.1 Å². The number of aromatic nitrogens is 1. The van der Waals surface area contributed by atoms with E-state index in [1.165, 1.54) is 0 Å². The molecule has 0 amide bonds. The van der Waals surface area contributed by atoms with Crippen LogP contribution in [0.3, 0.4) is 0 Å². The number of rotatable bonds is 4. The number of hydrogen-bond acceptors (Lipinski definition) is 2. The SMILES string of the molecule is CC(=O)/C=C/C1(n2cc(C=O)c3ccccc32)CC1. The fraction of sp³-hybridized carbons (Fsp3) is 0.250. The average Bonchev–Trinajstić information content (AvgIpc) is 3.11. The molecule has 2 aromatic rings. The standard InChI is InChI=1S/C16H15NO2/c1-12(19)6-7-16(8-9-16)17-10-13(11-18)14-4-2-3-5-15(14)17/h2-7,10-11H,8-9H2,1H3/b7-6+. The van der Waals surface area contributed by atoms with Gasteiger partial charge in [0, 0.05) is 22.7 Å². The van der Waals surface area contributed by atoms with Crippen LogP contribution in [0.2, 0.25) is 0 Å². The van der Waals surface area contributed by atoms with Gasteiger partial charge < -0.3 is 4.57 Å². The predicted octanol–water partition coefficient (Wildman–Crippen LogP) is 3.09. The Hall–Kier alpha value is -2.16. The first-order chi connectivity index (χ1) is 9.16. The van der Waals surface area contributed by atoms with Gasteiger partial charge in [-0.25, -0.2) is 0 Å². The summed E-state index contributed by atoms with van der Waals surface area (Å²) in [6.45, 7) is 1.55. The van der Waals surface area contributed by atoms with Crippen LogP contribution in [0.15, 0.2) is 42.6 Å². The topological polar surface area (TPSA) is 39.1 Å². The lowest BCUT2D eigenvalue weighted by Crippen LogP contribution is -2.13. The second kappa shape index (κ2) is 4.19. The number of carbonyl (C=O) groups excluding carboxylic acids is 2. The first-order valence-corrected chi connectivity index (χ1v) is 6.42. The molecule has 1 aliphatic rings. The fourth-order valence-electron chi connectivity index (χ4n) is 2.56. The van der Waals surface area contributed by atoms with Crippen LogP contribution in [0.25, 0.3) is 10.9 Å². The maximum Gasteiger partial charge on any atom is 0.152 e. The summed E-state index contributed by atoms with van der Waals surface area (Å²) in [5.41, 5.74) is 1.64. The lowest BCUT2D eigenvalue weighted by molar-refractivity contribution is -0.112. The maximum absolute atomic E-state index is 11.2. The Labute approximate surface area is 111 Å². The number of nitrogens with zero attached hydrogens (tertiary/aromatic N) is 1. The van der Waals surface area contributed by atoms with Crippen molar-refractivity contribution in [3.8, 4) is 0 Å². The van der Waals surface area contributed by atoms with Crippen molar-refractivity contribution in [3.63, 3.8) is 0 Å². The summed E-state index contributed by atoms with van der Waals surface area (Å²) in [7, 11) is 0. The van der Waals surface area contributed by atoms with E-state index in [1.807, 2.05) is 36.5 Å². The van der Waals surface area contributed by atoms with Crippen LogP contribution in [0.4, 0.5) is 0 Å². The zero-order valence-electron chi connectivity index (χ0n) is 10.8. The number of aldehydes is 1. The maximum atomic E-state index is 11.2. The summed E-state index contributed by atoms with van der Waals surface area (Å²) >= 11 is 0. The molecule has 0 aliphatic heterocycles. The van der Waals surface area contributed by atoms with Crippen molar-refractivity contribution in [1.82, 2.24) is 4.57 Å². The fourth-order valence-corrected chi connectivity index (χ4v) is 2.56. The minimum Gasteiger partial charge on any atom is -0.337 e. The normalized spacial score (nSPS) is 16.9. The molecule has 0 N–H and O–H groups in total. The molecule has 1 aliphatic carbocycles. The molecular weight excluding hydrogens is 238 g/mol. The van der Waals surface area contributed by atoms with Gasteiger partial charge in [0.2, 0.25) is 0 Å². The lowest BCUT2D eigenvalue weighted by Gasteiger charge is -2.14. The zero-order valence-corrected chi connectivity index (χ0v) is 10.8. The second-order valence-corrected chi connectivity index (χ2v) is 5.14. The highest BCUT2D eigenvalue weighted by atomic mass is 16.1. The molecule has 1 fully saturated rings. The third kappa shape index (κ3) is 1.91.